The van der Waals surface area contributed by atoms with E-state index >= 15 is 0 Å². The molecular weight excluding hydrogens is 216 g/mol. The second-order valence-electron chi connectivity index (χ2n) is 2.83. The Morgan fingerprint density at radius 1 is 1.33 bits per heavy atom. The van der Waals surface area contributed by atoms with E-state index in [4.69, 9.17) is 5.11 Å². The molecule has 6 heteroatoms. The first-order valence-electron chi connectivity index (χ1n) is 3.94. The third-order valence-electron chi connectivity index (χ3n) is 1.80. The summed E-state index contributed by atoms with van der Waals surface area (Å²) in [5.74, 6) is -1.07. The highest BCUT2D eigenvalue weighted by Gasteiger charge is 2.41. The number of ether oxygens (including phenoxy) is 1. The Balaban J connectivity index is 3.17. The minimum Gasteiger partial charge on any atom is -0.496 e. The molecule has 0 saturated carbocycles. The van der Waals surface area contributed by atoms with Gasteiger partial charge < -0.3 is 9.84 Å². The summed E-state index contributed by atoms with van der Waals surface area (Å²) >= 11 is 0. The number of methoxy groups -OCH3 is 1. The second-order valence-corrected chi connectivity index (χ2v) is 2.83. The zero-order valence-electron chi connectivity index (χ0n) is 7.68. The van der Waals surface area contributed by atoms with Crippen molar-refractivity contribution in [1.82, 2.24) is 0 Å². The van der Waals surface area contributed by atoms with E-state index in [2.05, 4.69) is 4.74 Å². The molecule has 0 spiro atoms. The first-order valence-corrected chi connectivity index (χ1v) is 3.94. The van der Waals surface area contributed by atoms with Gasteiger partial charge in [0.2, 0.25) is 0 Å². The van der Waals surface area contributed by atoms with Gasteiger partial charge in [-0.05, 0) is 18.2 Å². The molecule has 1 aromatic rings. The van der Waals surface area contributed by atoms with E-state index in [9.17, 15) is 17.6 Å². The first kappa shape index (κ1) is 11.8. The summed E-state index contributed by atoms with van der Waals surface area (Å²) in [5.41, 5.74) is -0.634. The van der Waals surface area contributed by atoms with Crippen LogP contribution in [0.15, 0.2) is 18.2 Å². The standard InChI is InChI=1S/C9H8F4O2/c1-15-7-3-2-5(10)4-6(7)8(14)9(11,12)13/h2-4,8,14H,1H3/t8-/m0/s1. The Morgan fingerprint density at radius 2 is 1.93 bits per heavy atom. The summed E-state index contributed by atoms with van der Waals surface area (Å²) in [4.78, 5) is 0. The molecule has 0 radical (unpaired) electrons. The van der Waals surface area contributed by atoms with Crippen LogP contribution in [0.1, 0.15) is 11.7 Å². The molecule has 0 fully saturated rings. The van der Waals surface area contributed by atoms with Gasteiger partial charge in [-0.3, -0.25) is 0 Å². The molecule has 0 aliphatic rings. The van der Waals surface area contributed by atoms with E-state index in [1.165, 1.54) is 0 Å². The molecule has 84 valence electrons. The number of alkyl halides is 3. The van der Waals surface area contributed by atoms with Gasteiger partial charge >= 0.3 is 6.18 Å². The molecule has 1 N–H and O–H groups in total. The van der Waals surface area contributed by atoms with Gasteiger partial charge in [0.25, 0.3) is 0 Å². The van der Waals surface area contributed by atoms with Crippen LogP contribution in [0.4, 0.5) is 17.6 Å². The molecule has 0 saturated heterocycles. The molecule has 1 rings (SSSR count). The molecule has 0 heterocycles. The zero-order chi connectivity index (χ0) is 11.6. The molecule has 1 atom stereocenters. The van der Waals surface area contributed by atoms with Crippen LogP contribution in [0.25, 0.3) is 0 Å². The number of benzene rings is 1. The van der Waals surface area contributed by atoms with Crippen LogP contribution >= 0.6 is 0 Å². The maximum atomic E-state index is 12.7. The lowest BCUT2D eigenvalue weighted by atomic mass is 10.1. The number of aliphatic hydroxyl groups is 1. The third-order valence-corrected chi connectivity index (χ3v) is 1.80. The summed E-state index contributed by atoms with van der Waals surface area (Å²) in [6, 6.07) is 2.57. The van der Waals surface area contributed by atoms with Crippen molar-refractivity contribution in [2.75, 3.05) is 7.11 Å². The molecule has 0 aliphatic heterocycles. The molecule has 2 nitrogen and oxygen atoms in total. The Morgan fingerprint density at radius 3 is 2.40 bits per heavy atom. The van der Waals surface area contributed by atoms with Crippen LogP contribution < -0.4 is 4.74 Å². The van der Waals surface area contributed by atoms with E-state index in [1.807, 2.05) is 0 Å². The molecule has 0 aromatic heterocycles. The van der Waals surface area contributed by atoms with Crippen molar-refractivity contribution < 1.29 is 27.4 Å². The van der Waals surface area contributed by atoms with Gasteiger partial charge in [0, 0.05) is 5.56 Å². The molecule has 0 aliphatic carbocycles. The molecule has 0 amide bonds. The van der Waals surface area contributed by atoms with Crippen molar-refractivity contribution in [3.63, 3.8) is 0 Å². The molecule has 0 unspecified atom stereocenters. The Kier molecular flexibility index (Phi) is 3.18. The summed E-state index contributed by atoms with van der Waals surface area (Å²) < 4.78 is 53.8. The maximum absolute atomic E-state index is 12.7. The number of hydrogen-bond acceptors (Lipinski definition) is 2. The lowest BCUT2D eigenvalue weighted by Gasteiger charge is -2.17. The lowest BCUT2D eigenvalue weighted by Crippen LogP contribution is -2.20. The Bertz CT molecular complexity index is 348. The monoisotopic (exact) mass is 224 g/mol. The van der Waals surface area contributed by atoms with Gasteiger partial charge in [-0.15, -0.1) is 0 Å². The van der Waals surface area contributed by atoms with E-state index in [1.54, 1.807) is 0 Å². The van der Waals surface area contributed by atoms with E-state index < -0.39 is 23.7 Å². The van der Waals surface area contributed by atoms with Crippen molar-refractivity contribution in [3.8, 4) is 5.75 Å². The van der Waals surface area contributed by atoms with Crippen LogP contribution in [0.3, 0.4) is 0 Å². The first-order chi connectivity index (χ1) is 6.86. The zero-order valence-corrected chi connectivity index (χ0v) is 7.68. The Labute approximate surface area is 83.1 Å². The largest absolute Gasteiger partial charge is 0.496 e. The van der Waals surface area contributed by atoms with Crippen molar-refractivity contribution in [1.29, 1.82) is 0 Å². The van der Waals surface area contributed by atoms with Gasteiger partial charge in [-0.1, -0.05) is 0 Å². The number of halogens is 4. The number of aliphatic hydroxyl groups excluding tert-OH is 1. The smallest absolute Gasteiger partial charge is 0.418 e. The number of rotatable bonds is 2. The van der Waals surface area contributed by atoms with Gasteiger partial charge in [0.05, 0.1) is 7.11 Å². The molecule has 1 aromatic carbocycles. The SMILES string of the molecule is COc1ccc(F)cc1[C@H](O)C(F)(F)F. The van der Waals surface area contributed by atoms with E-state index in [-0.39, 0.29) is 5.75 Å². The molecule has 0 bridgehead atoms. The second kappa shape index (κ2) is 4.06. The van der Waals surface area contributed by atoms with E-state index in [0.717, 1.165) is 19.2 Å². The lowest BCUT2D eigenvalue weighted by molar-refractivity contribution is -0.207. The highest BCUT2D eigenvalue weighted by atomic mass is 19.4. The minimum absolute atomic E-state index is 0.207. The average molecular weight is 224 g/mol. The van der Waals surface area contributed by atoms with Gasteiger partial charge in [0.1, 0.15) is 11.6 Å². The third kappa shape index (κ3) is 2.59. The summed E-state index contributed by atoms with van der Waals surface area (Å²) in [6.07, 6.45) is -7.59. The quantitative estimate of drug-likeness (QED) is 0.782. The van der Waals surface area contributed by atoms with Crippen LogP contribution in [0, 0.1) is 5.82 Å². The van der Waals surface area contributed by atoms with E-state index in [0.29, 0.717) is 6.07 Å². The van der Waals surface area contributed by atoms with Crippen LogP contribution in [0.5, 0.6) is 5.75 Å². The summed E-state index contributed by atoms with van der Waals surface area (Å²) in [6.45, 7) is 0. The van der Waals surface area contributed by atoms with Gasteiger partial charge in [0.15, 0.2) is 6.10 Å². The van der Waals surface area contributed by atoms with Crippen molar-refractivity contribution in [2.24, 2.45) is 0 Å². The Hall–Kier alpha value is -1.30. The number of hydrogen-bond donors (Lipinski definition) is 1. The highest BCUT2D eigenvalue weighted by molar-refractivity contribution is 5.36. The average Bonchev–Trinajstić information content (AvgIpc) is 2.15. The van der Waals surface area contributed by atoms with Gasteiger partial charge in [-0.25, -0.2) is 4.39 Å². The molecular formula is C9H8F4O2. The van der Waals surface area contributed by atoms with Crippen LogP contribution in [-0.2, 0) is 0 Å². The van der Waals surface area contributed by atoms with Gasteiger partial charge in [-0.2, -0.15) is 13.2 Å². The van der Waals surface area contributed by atoms with Crippen molar-refractivity contribution in [2.45, 2.75) is 12.3 Å². The highest BCUT2D eigenvalue weighted by Crippen LogP contribution is 2.37. The fourth-order valence-electron chi connectivity index (χ4n) is 1.10. The topological polar surface area (TPSA) is 29.5 Å². The summed E-state index contributed by atoms with van der Waals surface area (Å²) in [5, 5.41) is 8.92. The predicted molar refractivity (Wildman–Crippen MR) is 44.0 cm³/mol. The fourth-order valence-corrected chi connectivity index (χ4v) is 1.10. The summed E-state index contributed by atoms with van der Waals surface area (Å²) in [7, 11) is 1.14. The van der Waals surface area contributed by atoms with Crippen LogP contribution in [-0.4, -0.2) is 18.4 Å². The predicted octanol–water partition coefficient (Wildman–Crippen LogP) is 2.43. The normalized spacial score (nSPS) is 13.7. The van der Waals surface area contributed by atoms with Crippen LogP contribution in [0.2, 0.25) is 0 Å². The minimum atomic E-state index is -4.85. The fraction of sp³-hybridized carbons (Fsp3) is 0.333. The van der Waals surface area contributed by atoms with Crippen molar-refractivity contribution >= 4 is 0 Å². The van der Waals surface area contributed by atoms with Crippen molar-refractivity contribution in [3.05, 3.63) is 29.6 Å². The molecule has 15 heavy (non-hydrogen) atoms. The maximum Gasteiger partial charge on any atom is 0.418 e.